The van der Waals surface area contributed by atoms with Crippen molar-refractivity contribution in [1.82, 2.24) is 0 Å². The number of carbonyl (C=O) groups is 1. The lowest BCUT2D eigenvalue weighted by Crippen LogP contribution is -2.12. The number of ether oxygens (including phenoxy) is 1. The van der Waals surface area contributed by atoms with Crippen LogP contribution in [-0.4, -0.2) is 12.4 Å². The van der Waals surface area contributed by atoms with E-state index in [4.69, 9.17) is 4.74 Å². The lowest BCUT2D eigenvalue weighted by molar-refractivity contribution is 0.0921. The average molecular weight is 288 g/mol. The molecule has 0 aromatic heterocycles. The molecule has 1 aliphatic carbocycles. The summed E-state index contributed by atoms with van der Waals surface area (Å²) in [5, 5.41) is 0. The van der Waals surface area contributed by atoms with Crippen molar-refractivity contribution in [1.29, 1.82) is 0 Å². The highest BCUT2D eigenvalue weighted by molar-refractivity contribution is 5.97. The molecule has 3 rings (SSSR count). The first-order valence-electron chi connectivity index (χ1n) is 6.86. The van der Waals surface area contributed by atoms with Gasteiger partial charge in [0.15, 0.2) is 12.4 Å². The van der Waals surface area contributed by atoms with E-state index in [0.717, 1.165) is 37.5 Å². The first-order valence-corrected chi connectivity index (χ1v) is 6.86. The minimum Gasteiger partial charge on any atom is -0.485 e. The van der Waals surface area contributed by atoms with Gasteiger partial charge in [-0.2, -0.15) is 0 Å². The minimum absolute atomic E-state index is 0.0158. The number of Topliss-reactive ketones (excluding diaryl/α,β-unsaturated/α-hetero) is 1. The molecular weight excluding hydrogens is 274 g/mol. The van der Waals surface area contributed by atoms with Crippen LogP contribution in [0.1, 0.15) is 27.9 Å². The number of halogens is 2. The molecule has 2 aromatic rings. The van der Waals surface area contributed by atoms with Crippen LogP contribution in [0.3, 0.4) is 0 Å². The maximum absolute atomic E-state index is 13.0. The second kappa shape index (κ2) is 5.64. The Kier molecular flexibility index (Phi) is 3.69. The average Bonchev–Trinajstić information content (AvgIpc) is 2.91. The maximum atomic E-state index is 13.0. The SMILES string of the molecule is O=C(COc1cc(F)cc(F)c1)c1ccc2c(c1)CCC2. The van der Waals surface area contributed by atoms with Crippen molar-refractivity contribution in [3.8, 4) is 5.75 Å². The number of hydrogen-bond acceptors (Lipinski definition) is 2. The predicted molar refractivity (Wildman–Crippen MR) is 74.7 cm³/mol. The van der Waals surface area contributed by atoms with E-state index in [1.165, 1.54) is 11.1 Å². The summed E-state index contributed by atoms with van der Waals surface area (Å²) in [6.45, 7) is -0.234. The van der Waals surface area contributed by atoms with Crippen molar-refractivity contribution in [2.24, 2.45) is 0 Å². The fourth-order valence-corrected chi connectivity index (χ4v) is 2.59. The molecule has 0 saturated heterocycles. The highest BCUT2D eigenvalue weighted by Gasteiger charge is 2.14. The first-order chi connectivity index (χ1) is 10.1. The van der Waals surface area contributed by atoms with Crippen LogP contribution in [0, 0.1) is 11.6 Å². The van der Waals surface area contributed by atoms with Crippen molar-refractivity contribution in [2.45, 2.75) is 19.3 Å². The molecule has 0 saturated carbocycles. The van der Waals surface area contributed by atoms with Crippen LogP contribution in [0.25, 0.3) is 0 Å². The van der Waals surface area contributed by atoms with E-state index in [9.17, 15) is 13.6 Å². The summed E-state index contributed by atoms with van der Waals surface area (Å²) in [5.41, 5.74) is 3.07. The molecule has 0 spiro atoms. The van der Waals surface area contributed by atoms with Gasteiger partial charge in [-0.3, -0.25) is 4.79 Å². The van der Waals surface area contributed by atoms with E-state index in [0.29, 0.717) is 5.56 Å². The fraction of sp³-hybridized carbons (Fsp3) is 0.235. The van der Waals surface area contributed by atoms with Gasteiger partial charge in [0.1, 0.15) is 17.4 Å². The zero-order valence-corrected chi connectivity index (χ0v) is 11.4. The lowest BCUT2D eigenvalue weighted by Gasteiger charge is -2.07. The molecule has 0 amide bonds. The lowest BCUT2D eigenvalue weighted by atomic mass is 10.0. The Labute approximate surface area is 121 Å². The number of ketones is 1. The Hall–Kier alpha value is -2.23. The summed E-state index contributed by atoms with van der Waals surface area (Å²) in [6, 6.07) is 8.51. The third kappa shape index (κ3) is 3.10. The molecule has 21 heavy (non-hydrogen) atoms. The molecule has 2 aromatic carbocycles. The van der Waals surface area contributed by atoms with Crippen LogP contribution in [0.2, 0.25) is 0 Å². The normalized spacial score (nSPS) is 13.0. The molecule has 0 aliphatic heterocycles. The number of fused-ring (bicyclic) bond motifs is 1. The number of rotatable bonds is 4. The molecule has 0 heterocycles. The quantitative estimate of drug-likeness (QED) is 0.802. The number of hydrogen-bond donors (Lipinski definition) is 0. The third-order valence-corrected chi connectivity index (χ3v) is 3.63. The van der Waals surface area contributed by atoms with Crippen LogP contribution in [0.4, 0.5) is 8.78 Å². The van der Waals surface area contributed by atoms with Gasteiger partial charge >= 0.3 is 0 Å². The van der Waals surface area contributed by atoms with Crippen molar-refractivity contribution in [3.05, 3.63) is 64.7 Å². The molecule has 2 nitrogen and oxygen atoms in total. The topological polar surface area (TPSA) is 26.3 Å². The molecule has 4 heteroatoms. The summed E-state index contributed by atoms with van der Waals surface area (Å²) in [4.78, 5) is 12.1. The molecular formula is C17H14F2O2. The Morgan fingerprint density at radius 2 is 1.71 bits per heavy atom. The highest BCUT2D eigenvalue weighted by atomic mass is 19.1. The van der Waals surface area contributed by atoms with Gasteiger partial charge in [0.05, 0.1) is 0 Å². The zero-order valence-electron chi connectivity index (χ0n) is 11.4. The van der Waals surface area contributed by atoms with Crippen LogP contribution in [-0.2, 0) is 12.8 Å². The fourth-order valence-electron chi connectivity index (χ4n) is 2.59. The Morgan fingerprint density at radius 3 is 2.48 bits per heavy atom. The molecule has 0 atom stereocenters. The van der Waals surface area contributed by atoms with Gasteiger partial charge in [-0.1, -0.05) is 12.1 Å². The molecule has 0 unspecified atom stereocenters. The summed E-state index contributed by atoms with van der Waals surface area (Å²) in [6.07, 6.45) is 3.17. The van der Waals surface area contributed by atoms with Crippen LogP contribution in [0.15, 0.2) is 36.4 Å². The first kappa shape index (κ1) is 13.7. The Bertz CT molecular complexity index is 675. The van der Waals surface area contributed by atoms with E-state index >= 15 is 0 Å². The smallest absolute Gasteiger partial charge is 0.200 e. The van der Waals surface area contributed by atoms with E-state index in [-0.39, 0.29) is 18.1 Å². The minimum atomic E-state index is -0.727. The van der Waals surface area contributed by atoms with Gasteiger partial charge in [0, 0.05) is 23.8 Å². The highest BCUT2D eigenvalue weighted by Crippen LogP contribution is 2.23. The van der Waals surface area contributed by atoms with E-state index in [1.807, 2.05) is 12.1 Å². The predicted octanol–water partition coefficient (Wildman–Crippen LogP) is 3.72. The van der Waals surface area contributed by atoms with Crippen LogP contribution in [0.5, 0.6) is 5.75 Å². The molecule has 0 N–H and O–H groups in total. The molecule has 0 bridgehead atoms. The molecule has 0 fully saturated rings. The third-order valence-electron chi connectivity index (χ3n) is 3.63. The number of benzene rings is 2. The number of aryl methyl sites for hydroxylation is 2. The number of carbonyl (C=O) groups excluding carboxylic acids is 1. The largest absolute Gasteiger partial charge is 0.485 e. The van der Waals surface area contributed by atoms with Gasteiger partial charge in [0.2, 0.25) is 0 Å². The van der Waals surface area contributed by atoms with Crippen molar-refractivity contribution in [2.75, 3.05) is 6.61 Å². The van der Waals surface area contributed by atoms with Gasteiger partial charge in [-0.25, -0.2) is 8.78 Å². The summed E-state index contributed by atoms with van der Waals surface area (Å²) in [7, 11) is 0. The summed E-state index contributed by atoms with van der Waals surface area (Å²) < 4.78 is 31.2. The van der Waals surface area contributed by atoms with Gasteiger partial charge in [-0.05, 0) is 36.5 Å². The van der Waals surface area contributed by atoms with Crippen LogP contribution < -0.4 is 4.74 Å². The molecule has 0 radical (unpaired) electrons. The van der Waals surface area contributed by atoms with E-state index in [2.05, 4.69) is 0 Å². The van der Waals surface area contributed by atoms with Crippen LogP contribution >= 0.6 is 0 Å². The van der Waals surface area contributed by atoms with Crippen molar-refractivity contribution < 1.29 is 18.3 Å². The Morgan fingerprint density at radius 1 is 1.00 bits per heavy atom. The second-order valence-electron chi connectivity index (χ2n) is 5.15. The zero-order chi connectivity index (χ0) is 14.8. The van der Waals surface area contributed by atoms with E-state index < -0.39 is 11.6 Å². The van der Waals surface area contributed by atoms with Gasteiger partial charge < -0.3 is 4.74 Å². The maximum Gasteiger partial charge on any atom is 0.200 e. The molecule has 1 aliphatic rings. The Balaban J connectivity index is 1.69. The summed E-state index contributed by atoms with van der Waals surface area (Å²) >= 11 is 0. The second-order valence-corrected chi connectivity index (χ2v) is 5.15. The van der Waals surface area contributed by atoms with Crippen molar-refractivity contribution >= 4 is 5.78 Å². The van der Waals surface area contributed by atoms with E-state index in [1.54, 1.807) is 6.07 Å². The van der Waals surface area contributed by atoms with Gasteiger partial charge in [-0.15, -0.1) is 0 Å². The van der Waals surface area contributed by atoms with Gasteiger partial charge in [0.25, 0.3) is 0 Å². The summed E-state index contributed by atoms with van der Waals surface area (Å²) in [5.74, 6) is -1.64. The standard InChI is InChI=1S/C17H14F2O2/c18-14-7-15(19)9-16(8-14)21-10-17(20)13-5-4-11-2-1-3-12(11)6-13/h4-9H,1-3,10H2. The monoisotopic (exact) mass is 288 g/mol. The molecule has 108 valence electrons. The van der Waals surface area contributed by atoms with Crippen molar-refractivity contribution in [3.63, 3.8) is 0 Å².